The van der Waals surface area contributed by atoms with Gasteiger partial charge in [-0.25, -0.2) is 0 Å². The van der Waals surface area contributed by atoms with Crippen LogP contribution in [0.1, 0.15) is 5.56 Å². The average molecular weight is 458 g/mol. The minimum atomic E-state index is -0.322. The number of hydrogen-bond donors (Lipinski definition) is 2. The molecule has 4 rings (SSSR count). The summed E-state index contributed by atoms with van der Waals surface area (Å²) in [7, 11) is 1.58. The maximum absolute atomic E-state index is 13.3. The van der Waals surface area contributed by atoms with Gasteiger partial charge in [-0.2, -0.15) is 0 Å². The van der Waals surface area contributed by atoms with Crippen molar-refractivity contribution < 1.29 is 14.3 Å². The van der Waals surface area contributed by atoms with Crippen molar-refractivity contribution in [1.82, 2.24) is 4.57 Å². The summed E-state index contributed by atoms with van der Waals surface area (Å²) in [6.07, 6.45) is 0. The first-order chi connectivity index (χ1) is 16.5. The Morgan fingerprint density at radius 2 is 1.79 bits per heavy atom. The third-order valence-electron chi connectivity index (χ3n) is 5.53. The smallest absolute Gasteiger partial charge is 0.262 e. The Morgan fingerprint density at radius 1 is 1.00 bits per heavy atom. The number of nitrogens with two attached hydrogens (primary N) is 1. The molecule has 0 fully saturated rings. The highest BCUT2D eigenvalue weighted by Gasteiger charge is 2.17. The fourth-order valence-electron chi connectivity index (χ4n) is 3.92. The Hall–Kier alpha value is -4.10. The van der Waals surface area contributed by atoms with Gasteiger partial charge in [0, 0.05) is 23.7 Å². The van der Waals surface area contributed by atoms with Gasteiger partial charge in [0.25, 0.3) is 11.5 Å². The number of nitrogens with one attached hydrogen (secondary N) is 1. The first-order valence-electron chi connectivity index (χ1n) is 11.0. The SMILES string of the molecule is COCCn1c(N)c(-c2cccc(C)c2)c2ccc(NC(=O)COc3ccccc3)cc2c1=O. The van der Waals surface area contributed by atoms with Crippen molar-refractivity contribution in [3.05, 3.63) is 88.7 Å². The standard InChI is InChI=1S/C27H27N3O4/c1-18-7-6-8-19(15-18)25-22-12-11-20(29-24(31)17-34-21-9-4-3-5-10-21)16-23(22)27(32)30(26(25)28)13-14-33-2/h3-12,15-16H,13-14,17,28H2,1-2H3,(H,29,31). The molecule has 0 unspecified atom stereocenters. The molecule has 4 aromatic rings. The molecule has 0 atom stereocenters. The molecular weight excluding hydrogens is 430 g/mol. The first-order valence-corrected chi connectivity index (χ1v) is 11.0. The zero-order chi connectivity index (χ0) is 24.1. The number of benzene rings is 3. The van der Waals surface area contributed by atoms with Crippen molar-refractivity contribution in [2.45, 2.75) is 13.5 Å². The number of rotatable bonds is 8. The Balaban J connectivity index is 1.72. The topological polar surface area (TPSA) is 95.6 Å². The van der Waals surface area contributed by atoms with Gasteiger partial charge in [-0.1, -0.05) is 54.1 Å². The second-order valence-electron chi connectivity index (χ2n) is 7.99. The number of nitrogen functional groups attached to an aromatic ring is 1. The highest BCUT2D eigenvalue weighted by molar-refractivity contribution is 6.03. The van der Waals surface area contributed by atoms with E-state index in [0.29, 0.717) is 35.8 Å². The minimum absolute atomic E-state index is 0.142. The van der Waals surface area contributed by atoms with E-state index >= 15 is 0 Å². The summed E-state index contributed by atoms with van der Waals surface area (Å²) in [5.41, 5.74) is 9.55. The second-order valence-corrected chi connectivity index (χ2v) is 7.99. The quantitative estimate of drug-likeness (QED) is 0.413. The second kappa shape index (κ2) is 10.2. The molecule has 0 radical (unpaired) electrons. The van der Waals surface area contributed by atoms with Crippen LogP contribution in [0.25, 0.3) is 21.9 Å². The molecule has 7 nitrogen and oxygen atoms in total. The molecule has 0 aliphatic rings. The molecule has 0 saturated carbocycles. The maximum Gasteiger partial charge on any atom is 0.262 e. The maximum atomic E-state index is 13.3. The summed E-state index contributed by atoms with van der Waals surface area (Å²) in [4.78, 5) is 25.8. The van der Waals surface area contributed by atoms with Crippen molar-refractivity contribution in [1.29, 1.82) is 0 Å². The molecule has 0 aliphatic carbocycles. The molecule has 174 valence electrons. The molecule has 3 aromatic carbocycles. The van der Waals surface area contributed by atoms with E-state index in [9.17, 15) is 9.59 Å². The average Bonchev–Trinajstić information content (AvgIpc) is 2.84. The summed E-state index contributed by atoms with van der Waals surface area (Å²) >= 11 is 0. The number of anilines is 2. The van der Waals surface area contributed by atoms with Gasteiger partial charge in [0.1, 0.15) is 11.6 Å². The zero-order valence-electron chi connectivity index (χ0n) is 19.2. The van der Waals surface area contributed by atoms with E-state index in [0.717, 1.165) is 22.1 Å². The summed E-state index contributed by atoms with van der Waals surface area (Å²) in [6, 6.07) is 22.3. The normalized spacial score (nSPS) is 10.9. The third-order valence-corrected chi connectivity index (χ3v) is 5.53. The number of methoxy groups -OCH3 is 1. The van der Waals surface area contributed by atoms with E-state index in [-0.39, 0.29) is 18.1 Å². The molecule has 1 amide bonds. The van der Waals surface area contributed by atoms with Gasteiger partial charge >= 0.3 is 0 Å². The van der Waals surface area contributed by atoms with Crippen molar-refractivity contribution in [2.75, 3.05) is 31.4 Å². The summed E-state index contributed by atoms with van der Waals surface area (Å²) in [6.45, 7) is 2.53. The van der Waals surface area contributed by atoms with Gasteiger partial charge in [0.15, 0.2) is 6.61 Å². The Morgan fingerprint density at radius 3 is 2.53 bits per heavy atom. The summed E-state index contributed by atoms with van der Waals surface area (Å²) in [5, 5.41) is 3.99. The van der Waals surface area contributed by atoms with Crippen LogP contribution in [0.3, 0.4) is 0 Å². The lowest BCUT2D eigenvalue weighted by molar-refractivity contribution is -0.118. The van der Waals surface area contributed by atoms with Crippen molar-refractivity contribution in [3.8, 4) is 16.9 Å². The molecule has 1 aromatic heterocycles. The van der Waals surface area contributed by atoms with Crippen LogP contribution in [-0.4, -0.2) is 30.8 Å². The predicted octanol–water partition coefficient (Wildman–Crippen LogP) is 4.22. The number of nitrogens with zero attached hydrogens (tertiary/aromatic N) is 1. The molecule has 7 heteroatoms. The fraction of sp³-hybridized carbons (Fsp3) is 0.185. The number of para-hydroxylation sites is 1. The van der Waals surface area contributed by atoms with Gasteiger partial charge in [0.05, 0.1) is 13.2 Å². The zero-order valence-corrected chi connectivity index (χ0v) is 19.2. The lowest BCUT2D eigenvalue weighted by atomic mass is 9.97. The van der Waals surface area contributed by atoms with Gasteiger partial charge in [-0.15, -0.1) is 0 Å². The molecule has 0 aliphatic heterocycles. The Bertz CT molecular complexity index is 1380. The van der Waals surface area contributed by atoms with E-state index in [1.165, 1.54) is 4.57 Å². The van der Waals surface area contributed by atoms with Crippen LogP contribution in [0.5, 0.6) is 5.75 Å². The molecule has 0 bridgehead atoms. The van der Waals surface area contributed by atoms with Crippen molar-refractivity contribution in [2.24, 2.45) is 0 Å². The van der Waals surface area contributed by atoms with E-state index in [4.69, 9.17) is 15.2 Å². The van der Waals surface area contributed by atoms with Crippen molar-refractivity contribution >= 4 is 28.2 Å². The van der Waals surface area contributed by atoms with E-state index < -0.39 is 0 Å². The van der Waals surface area contributed by atoms with Crippen LogP contribution < -0.4 is 21.3 Å². The number of ether oxygens (including phenoxy) is 2. The Labute approximate surface area is 197 Å². The predicted molar refractivity (Wildman–Crippen MR) is 135 cm³/mol. The third kappa shape index (κ3) is 4.94. The first kappa shape index (κ1) is 23.1. The molecule has 1 heterocycles. The monoisotopic (exact) mass is 457 g/mol. The van der Waals surface area contributed by atoms with Crippen LogP contribution in [-0.2, 0) is 16.1 Å². The molecule has 0 spiro atoms. The number of amides is 1. The van der Waals surface area contributed by atoms with Crippen molar-refractivity contribution in [3.63, 3.8) is 0 Å². The largest absolute Gasteiger partial charge is 0.484 e. The van der Waals surface area contributed by atoms with Crippen LogP contribution in [0, 0.1) is 6.92 Å². The number of carbonyl (C=O) groups is 1. The highest BCUT2D eigenvalue weighted by atomic mass is 16.5. The number of carbonyl (C=O) groups excluding carboxylic acids is 1. The fourth-order valence-corrected chi connectivity index (χ4v) is 3.92. The summed E-state index contributed by atoms with van der Waals surface area (Å²) in [5.74, 6) is 0.668. The number of pyridine rings is 1. The summed E-state index contributed by atoms with van der Waals surface area (Å²) < 4.78 is 12.2. The van der Waals surface area contributed by atoms with Gasteiger partial charge in [0.2, 0.25) is 0 Å². The molecule has 3 N–H and O–H groups in total. The minimum Gasteiger partial charge on any atom is -0.484 e. The molecule has 34 heavy (non-hydrogen) atoms. The van der Waals surface area contributed by atoms with Gasteiger partial charge < -0.3 is 20.5 Å². The van der Waals surface area contributed by atoms with Crippen LogP contribution >= 0.6 is 0 Å². The lowest BCUT2D eigenvalue weighted by Crippen LogP contribution is -2.26. The van der Waals surface area contributed by atoms with E-state index in [2.05, 4.69) is 5.32 Å². The molecular formula is C27H27N3O4. The van der Waals surface area contributed by atoms with Crippen LogP contribution in [0.2, 0.25) is 0 Å². The lowest BCUT2D eigenvalue weighted by Gasteiger charge is -2.18. The van der Waals surface area contributed by atoms with Crippen LogP contribution in [0.4, 0.5) is 11.5 Å². The van der Waals surface area contributed by atoms with E-state index in [1.54, 1.807) is 31.4 Å². The van der Waals surface area contributed by atoms with Gasteiger partial charge in [-0.3, -0.25) is 14.2 Å². The number of aryl methyl sites for hydroxylation is 1. The number of aromatic nitrogens is 1. The van der Waals surface area contributed by atoms with E-state index in [1.807, 2.05) is 55.5 Å². The van der Waals surface area contributed by atoms with Crippen LogP contribution in [0.15, 0.2) is 77.6 Å². The number of hydrogen-bond acceptors (Lipinski definition) is 5. The molecule has 0 saturated heterocycles. The highest BCUT2D eigenvalue weighted by Crippen LogP contribution is 2.34. The number of fused-ring (bicyclic) bond motifs is 1. The van der Waals surface area contributed by atoms with Gasteiger partial charge in [-0.05, 0) is 42.1 Å². The Kier molecular flexibility index (Phi) is 6.94.